The van der Waals surface area contributed by atoms with Crippen LogP contribution in [0.5, 0.6) is 0 Å². The molecule has 0 amide bonds. The van der Waals surface area contributed by atoms with Gasteiger partial charge in [-0.3, -0.25) is 0 Å². The molecule has 2 heterocycles. The van der Waals surface area contributed by atoms with E-state index in [4.69, 9.17) is 10.2 Å². The summed E-state index contributed by atoms with van der Waals surface area (Å²) in [6, 6.07) is 0. The van der Waals surface area contributed by atoms with E-state index in [9.17, 15) is 0 Å². The van der Waals surface area contributed by atoms with Gasteiger partial charge in [-0.2, -0.15) is 9.97 Å². The highest BCUT2D eigenvalue weighted by atomic mass is 16.3. The molecule has 0 fully saturated rings. The number of fused-ring (bicyclic) bond motifs is 1. The largest absolute Gasteiger partial charge is 0.437 e. The minimum absolute atomic E-state index is 0.540. The van der Waals surface area contributed by atoms with Crippen molar-refractivity contribution in [3.63, 3.8) is 0 Å². The summed E-state index contributed by atoms with van der Waals surface area (Å²) in [5.41, 5.74) is 7.38. The average molecular weight is 207 g/mol. The summed E-state index contributed by atoms with van der Waals surface area (Å²) in [5, 5.41) is 3.01. The van der Waals surface area contributed by atoms with Crippen molar-refractivity contribution in [2.75, 3.05) is 18.4 Å². The Labute approximate surface area is 86.9 Å². The Morgan fingerprint density at radius 1 is 1.27 bits per heavy atom. The van der Waals surface area contributed by atoms with Crippen LogP contribution in [0.4, 0.5) is 5.95 Å². The van der Waals surface area contributed by atoms with Gasteiger partial charge in [-0.15, -0.1) is 0 Å². The molecule has 0 aliphatic rings. The third kappa shape index (κ3) is 1.89. The summed E-state index contributed by atoms with van der Waals surface area (Å²) in [4.78, 5) is 12.6. The van der Waals surface area contributed by atoms with Crippen LogP contribution in [-0.4, -0.2) is 28.0 Å². The summed E-state index contributed by atoms with van der Waals surface area (Å²) in [5.74, 6) is 1.14. The highest BCUT2D eigenvalue weighted by Gasteiger charge is 2.09. The third-order valence-corrected chi connectivity index (χ3v) is 1.96. The quantitative estimate of drug-likeness (QED) is 0.766. The first-order valence-electron chi connectivity index (χ1n) is 4.76. The molecule has 80 valence electrons. The van der Waals surface area contributed by atoms with Crippen molar-refractivity contribution in [2.45, 2.75) is 13.8 Å². The van der Waals surface area contributed by atoms with Crippen molar-refractivity contribution in [1.29, 1.82) is 0 Å². The monoisotopic (exact) mass is 207 g/mol. The second-order valence-corrected chi connectivity index (χ2v) is 3.23. The van der Waals surface area contributed by atoms with Crippen LogP contribution in [0, 0.1) is 13.8 Å². The summed E-state index contributed by atoms with van der Waals surface area (Å²) in [6.45, 7) is 4.83. The number of hydrogen-bond donors (Lipinski definition) is 2. The van der Waals surface area contributed by atoms with Gasteiger partial charge in [0.25, 0.3) is 0 Å². The van der Waals surface area contributed by atoms with Gasteiger partial charge in [0.05, 0.1) is 5.69 Å². The third-order valence-electron chi connectivity index (χ3n) is 1.96. The summed E-state index contributed by atoms with van der Waals surface area (Å²) >= 11 is 0. The fourth-order valence-corrected chi connectivity index (χ4v) is 1.33. The van der Waals surface area contributed by atoms with Gasteiger partial charge in [0.2, 0.25) is 11.6 Å². The van der Waals surface area contributed by atoms with E-state index in [0.717, 1.165) is 5.69 Å². The Kier molecular flexibility index (Phi) is 2.51. The number of rotatable bonds is 3. The van der Waals surface area contributed by atoms with Gasteiger partial charge in [0.1, 0.15) is 0 Å². The van der Waals surface area contributed by atoms with Crippen molar-refractivity contribution in [3.05, 3.63) is 11.6 Å². The van der Waals surface area contributed by atoms with E-state index in [-0.39, 0.29) is 0 Å². The highest BCUT2D eigenvalue weighted by molar-refractivity contribution is 5.71. The van der Waals surface area contributed by atoms with Crippen molar-refractivity contribution < 1.29 is 4.42 Å². The molecule has 3 N–H and O–H groups in total. The molecule has 0 saturated carbocycles. The molecule has 6 heteroatoms. The minimum atomic E-state index is 0.540. The van der Waals surface area contributed by atoms with Gasteiger partial charge in [-0.25, -0.2) is 4.98 Å². The predicted molar refractivity (Wildman–Crippen MR) is 56.6 cm³/mol. The Balaban J connectivity index is 2.42. The Hall–Kier alpha value is -1.69. The maximum Gasteiger partial charge on any atom is 0.225 e. The predicted octanol–water partition coefficient (Wildman–Crippen LogP) is 0.605. The van der Waals surface area contributed by atoms with E-state index in [2.05, 4.69) is 20.3 Å². The average Bonchev–Trinajstić information content (AvgIpc) is 2.56. The molecule has 0 aliphatic carbocycles. The van der Waals surface area contributed by atoms with Crippen molar-refractivity contribution >= 4 is 17.2 Å². The zero-order valence-electron chi connectivity index (χ0n) is 8.74. The lowest BCUT2D eigenvalue weighted by Gasteiger charge is -2.02. The van der Waals surface area contributed by atoms with Crippen molar-refractivity contribution in [2.24, 2.45) is 5.73 Å². The first-order chi connectivity index (χ1) is 7.20. The van der Waals surface area contributed by atoms with Crippen LogP contribution >= 0.6 is 0 Å². The molecule has 0 unspecified atom stereocenters. The molecule has 2 aromatic heterocycles. The number of anilines is 1. The number of nitrogens with two attached hydrogens (primary N) is 1. The van der Waals surface area contributed by atoms with Crippen LogP contribution in [0.2, 0.25) is 0 Å². The zero-order valence-corrected chi connectivity index (χ0v) is 8.74. The lowest BCUT2D eigenvalue weighted by Crippen LogP contribution is -2.15. The number of aromatic nitrogens is 3. The minimum Gasteiger partial charge on any atom is -0.437 e. The van der Waals surface area contributed by atoms with Gasteiger partial charge in [0, 0.05) is 20.0 Å². The van der Waals surface area contributed by atoms with E-state index in [1.165, 1.54) is 0 Å². The van der Waals surface area contributed by atoms with Gasteiger partial charge in [-0.05, 0) is 6.92 Å². The van der Waals surface area contributed by atoms with Crippen LogP contribution in [0.25, 0.3) is 11.2 Å². The standard InChI is InChI=1S/C9H13N5O/c1-5-7-8(13-6(2)15-7)14-9(12-5)11-4-3-10/h3-4,10H2,1-2H3,(H,11,12,14). The summed E-state index contributed by atoms with van der Waals surface area (Å²) in [6.07, 6.45) is 0. The molecule has 0 bridgehead atoms. The fraction of sp³-hybridized carbons (Fsp3) is 0.444. The van der Waals surface area contributed by atoms with Crippen LogP contribution in [-0.2, 0) is 0 Å². The SMILES string of the molecule is Cc1nc2nc(NCCN)nc(C)c2o1. The fourth-order valence-electron chi connectivity index (χ4n) is 1.33. The van der Waals surface area contributed by atoms with E-state index >= 15 is 0 Å². The maximum absolute atomic E-state index is 5.38. The lowest BCUT2D eigenvalue weighted by molar-refractivity contribution is 0.557. The summed E-state index contributed by atoms with van der Waals surface area (Å²) in [7, 11) is 0. The first kappa shape index (κ1) is 9.85. The molecule has 6 nitrogen and oxygen atoms in total. The van der Waals surface area contributed by atoms with Crippen LogP contribution < -0.4 is 11.1 Å². The Bertz CT molecular complexity index is 479. The summed E-state index contributed by atoms with van der Waals surface area (Å²) < 4.78 is 5.37. The van der Waals surface area contributed by atoms with Gasteiger partial charge in [-0.1, -0.05) is 0 Å². The molecule has 0 spiro atoms. The molecular formula is C9H13N5O. The van der Waals surface area contributed by atoms with E-state index in [1.54, 1.807) is 6.92 Å². The lowest BCUT2D eigenvalue weighted by atomic mass is 10.4. The number of nitrogens with zero attached hydrogens (tertiary/aromatic N) is 3. The van der Waals surface area contributed by atoms with Crippen molar-refractivity contribution in [3.8, 4) is 0 Å². The highest BCUT2D eigenvalue weighted by Crippen LogP contribution is 2.17. The number of aryl methyl sites for hydroxylation is 2. The second-order valence-electron chi connectivity index (χ2n) is 3.23. The molecule has 0 atom stereocenters. The van der Waals surface area contributed by atoms with E-state index in [1.807, 2.05) is 6.92 Å². The van der Waals surface area contributed by atoms with Crippen LogP contribution in [0.15, 0.2) is 4.42 Å². The topological polar surface area (TPSA) is 89.9 Å². The first-order valence-corrected chi connectivity index (χ1v) is 4.76. The molecular weight excluding hydrogens is 194 g/mol. The molecule has 2 rings (SSSR count). The zero-order chi connectivity index (χ0) is 10.8. The van der Waals surface area contributed by atoms with Crippen LogP contribution in [0.1, 0.15) is 11.6 Å². The molecule has 0 aliphatic heterocycles. The molecule has 0 aromatic carbocycles. The van der Waals surface area contributed by atoms with Gasteiger partial charge >= 0.3 is 0 Å². The Morgan fingerprint density at radius 2 is 2.07 bits per heavy atom. The van der Waals surface area contributed by atoms with Gasteiger partial charge < -0.3 is 15.5 Å². The second kappa shape index (κ2) is 3.82. The van der Waals surface area contributed by atoms with Gasteiger partial charge in [0.15, 0.2) is 11.5 Å². The molecule has 2 aromatic rings. The number of hydrogen-bond acceptors (Lipinski definition) is 6. The molecule has 0 saturated heterocycles. The number of nitrogens with one attached hydrogen (secondary N) is 1. The molecule has 0 radical (unpaired) electrons. The normalized spacial score (nSPS) is 10.9. The number of oxazole rings is 1. The van der Waals surface area contributed by atoms with E-state index in [0.29, 0.717) is 36.2 Å². The Morgan fingerprint density at radius 3 is 2.80 bits per heavy atom. The smallest absolute Gasteiger partial charge is 0.225 e. The van der Waals surface area contributed by atoms with Crippen molar-refractivity contribution in [1.82, 2.24) is 15.0 Å². The maximum atomic E-state index is 5.38. The van der Waals surface area contributed by atoms with E-state index < -0.39 is 0 Å². The molecule has 15 heavy (non-hydrogen) atoms. The van der Waals surface area contributed by atoms with Crippen LogP contribution in [0.3, 0.4) is 0 Å².